The Hall–Kier alpha value is -4.14. The Bertz CT molecular complexity index is 1470. The summed E-state index contributed by atoms with van der Waals surface area (Å²) >= 11 is 0. The van der Waals surface area contributed by atoms with Gasteiger partial charge in [-0.3, -0.25) is 4.98 Å². The number of pyridine rings is 1. The van der Waals surface area contributed by atoms with Crippen molar-refractivity contribution >= 4 is 22.8 Å². The Morgan fingerprint density at radius 1 is 1.18 bits per heavy atom. The van der Waals surface area contributed by atoms with Crippen molar-refractivity contribution in [2.45, 2.75) is 32.4 Å². The van der Waals surface area contributed by atoms with Gasteiger partial charge >= 0.3 is 0 Å². The SMILES string of the molecule is Cc1cc(F)c(-c2ccc3cnc(Nc4cnccc4N4C[C@@H](N)[C@@H](OCCC#N)[C@@H](C)C4)n3n2)c(F)c1. The number of nitrogens with zero attached hydrogens (tertiary/aromatic N) is 6. The zero-order chi connectivity index (χ0) is 26.8. The average molecular weight is 519 g/mol. The number of piperidine rings is 1. The third-order valence-electron chi connectivity index (χ3n) is 6.66. The molecular formula is C27H28F2N8O. The van der Waals surface area contributed by atoms with Gasteiger partial charge in [-0.15, -0.1) is 0 Å². The molecule has 1 aromatic carbocycles. The minimum atomic E-state index is -0.677. The Morgan fingerprint density at radius 2 is 1.97 bits per heavy atom. The van der Waals surface area contributed by atoms with Gasteiger partial charge in [0.05, 0.1) is 65.7 Å². The molecule has 0 radical (unpaired) electrons. The highest BCUT2D eigenvalue weighted by atomic mass is 19.1. The summed E-state index contributed by atoms with van der Waals surface area (Å²) in [5.41, 5.74) is 9.14. The van der Waals surface area contributed by atoms with Crippen LogP contribution < -0.4 is 16.0 Å². The molecule has 1 fully saturated rings. The van der Waals surface area contributed by atoms with E-state index in [0.29, 0.717) is 48.8 Å². The smallest absolute Gasteiger partial charge is 0.229 e. The van der Waals surface area contributed by atoms with Crippen LogP contribution in [0.3, 0.4) is 0 Å². The minimum absolute atomic E-state index is 0.134. The molecule has 4 heterocycles. The number of rotatable bonds is 7. The monoisotopic (exact) mass is 518 g/mol. The van der Waals surface area contributed by atoms with Crippen LogP contribution in [-0.2, 0) is 4.74 Å². The maximum atomic E-state index is 14.6. The van der Waals surface area contributed by atoms with Crippen molar-refractivity contribution in [1.29, 1.82) is 5.26 Å². The van der Waals surface area contributed by atoms with Gasteiger partial charge in [0.2, 0.25) is 5.95 Å². The second-order valence-electron chi connectivity index (χ2n) is 9.55. The molecule has 3 atom stereocenters. The number of halogens is 2. The van der Waals surface area contributed by atoms with E-state index < -0.39 is 11.6 Å². The molecule has 1 aliphatic heterocycles. The van der Waals surface area contributed by atoms with E-state index in [1.54, 1.807) is 37.6 Å². The molecule has 5 rings (SSSR count). The number of fused-ring (bicyclic) bond motifs is 1. The Balaban J connectivity index is 1.42. The molecule has 3 N–H and O–H groups in total. The highest BCUT2D eigenvalue weighted by molar-refractivity contribution is 5.74. The molecule has 9 nitrogen and oxygen atoms in total. The molecule has 11 heteroatoms. The van der Waals surface area contributed by atoms with Crippen molar-refractivity contribution in [2.75, 3.05) is 29.9 Å². The lowest BCUT2D eigenvalue weighted by atomic mass is 9.92. The number of imidazole rings is 1. The van der Waals surface area contributed by atoms with Gasteiger partial charge in [-0.1, -0.05) is 6.92 Å². The molecule has 196 valence electrons. The molecular weight excluding hydrogens is 490 g/mol. The number of aromatic nitrogens is 4. The van der Waals surface area contributed by atoms with Gasteiger partial charge in [0.25, 0.3) is 0 Å². The summed E-state index contributed by atoms with van der Waals surface area (Å²) in [6, 6.07) is 9.58. The summed E-state index contributed by atoms with van der Waals surface area (Å²) in [6.07, 6.45) is 5.20. The van der Waals surface area contributed by atoms with Gasteiger partial charge in [0, 0.05) is 31.2 Å². The average Bonchev–Trinajstić information content (AvgIpc) is 3.27. The van der Waals surface area contributed by atoms with E-state index in [1.807, 2.05) is 6.07 Å². The topological polar surface area (TPSA) is 117 Å². The quantitative estimate of drug-likeness (QED) is 0.350. The van der Waals surface area contributed by atoms with Crippen molar-refractivity contribution in [3.05, 3.63) is 66.1 Å². The normalized spacial score (nSPS) is 19.5. The van der Waals surface area contributed by atoms with Crippen molar-refractivity contribution in [1.82, 2.24) is 19.6 Å². The lowest BCUT2D eigenvalue weighted by Gasteiger charge is -2.42. The van der Waals surface area contributed by atoms with Gasteiger partial charge in [-0.2, -0.15) is 14.9 Å². The van der Waals surface area contributed by atoms with Crippen LogP contribution in [0, 0.1) is 35.8 Å². The number of hydrogen-bond donors (Lipinski definition) is 2. The molecule has 1 aliphatic rings. The molecule has 0 amide bonds. The van der Waals surface area contributed by atoms with Crippen molar-refractivity contribution in [3.8, 4) is 17.3 Å². The number of nitriles is 1. The van der Waals surface area contributed by atoms with E-state index in [0.717, 1.165) is 5.69 Å². The number of aryl methyl sites for hydroxylation is 1. The van der Waals surface area contributed by atoms with Gasteiger partial charge in [0.15, 0.2) is 0 Å². The molecule has 0 spiro atoms. The molecule has 0 aliphatic carbocycles. The molecule has 3 aromatic heterocycles. The van der Waals surface area contributed by atoms with Crippen LogP contribution in [0.15, 0.2) is 48.9 Å². The Labute approximate surface area is 218 Å². The second kappa shape index (κ2) is 10.7. The first kappa shape index (κ1) is 25.5. The first-order chi connectivity index (χ1) is 18.4. The van der Waals surface area contributed by atoms with E-state index in [4.69, 9.17) is 15.7 Å². The van der Waals surface area contributed by atoms with Gasteiger partial charge in [0.1, 0.15) is 11.6 Å². The summed E-state index contributed by atoms with van der Waals surface area (Å²) < 4.78 is 36.7. The summed E-state index contributed by atoms with van der Waals surface area (Å²) in [5, 5.41) is 16.6. The van der Waals surface area contributed by atoms with E-state index in [1.165, 1.54) is 16.6 Å². The predicted octanol–water partition coefficient (Wildman–Crippen LogP) is 4.20. The summed E-state index contributed by atoms with van der Waals surface area (Å²) in [6.45, 7) is 5.32. The first-order valence-corrected chi connectivity index (χ1v) is 12.4. The fraction of sp³-hybridized carbons (Fsp3) is 0.333. The first-order valence-electron chi connectivity index (χ1n) is 12.4. The second-order valence-corrected chi connectivity index (χ2v) is 9.55. The largest absolute Gasteiger partial charge is 0.375 e. The number of nitrogens with one attached hydrogen (secondary N) is 1. The molecule has 0 saturated carbocycles. The van der Waals surface area contributed by atoms with E-state index in [2.05, 4.69) is 38.3 Å². The molecule has 4 aromatic rings. The third-order valence-corrected chi connectivity index (χ3v) is 6.66. The predicted molar refractivity (Wildman–Crippen MR) is 140 cm³/mol. The molecule has 1 saturated heterocycles. The number of ether oxygens (including phenoxy) is 1. The highest BCUT2D eigenvalue weighted by Gasteiger charge is 2.34. The van der Waals surface area contributed by atoms with Crippen LogP contribution in [-0.4, -0.2) is 51.4 Å². The minimum Gasteiger partial charge on any atom is -0.375 e. The van der Waals surface area contributed by atoms with Gasteiger partial charge in [-0.25, -0.2) is 13.8 Å². The van der Waals surface area contributed by atoms with Crippen LogP contribution in [0.5, 0.6) is 0 Å². The van der Waals surface area contributed by atoms with Gasteiger partial charge in [-0.05, 0) is 42.8 Å². The maximum absolute atomic E-state index is 14.6. The highest BCUT2D eigenvalue weighted by Crippen LogP contribution is 2.32. The van der Waals surface area contributed by atoms with Crippen LogP contribution in [0.1, 0.15) is 18.9 Å². The van der Waals surface area contributed by atoms with Crippen LogP contribution in [0.2, 0.25) is 0 Å². The summed E-state index contributed by atoms with van der Waals surface area (Å²) in [4.78, 5) is 10.9. The summed E-state index contributed by atoms with van der Waals surface area (Å²) in [7, 11) is 0. The molecule has 0 bridgehead atoms. The Kier molecular flexibility index (Phi) is 7.18. The lowest BCUT2D eigenvalue weighted by Crippen LogP contribution is -2.56. The number of benzene rings is 1. The number of hydrogen-bond acceptors (Lipinski definition) is 8. The van der Waals surface area contributed by atoms with E-state index in [-0.39, 0.29) is 29.3 Å². The fourth-order valence-corrected chi connectivity index (χ4v) is 4.96. The number of anilines is 3. The fourth-order valence-electron chi connectivity index (χ4n) is 4.96. The molecule has 38 heavy (non-hydrogen) atoms. The van der Waals surface area contributed by atoms with E-state index in [9.17, 15) is 8.78 Å². The van der Waals surface area contributed by atoms with Crippen LogP contribution >= 0.6 is 0 Å². The van der Waals surface area contributed by atoms with Crippen molar-refractivity contribution in [3.63, 3.8) is 0 Å². The van der Waals surface area contributed by atoms with E-state index >= 15 is 0 Å². The third kappa shape index (κ3) is 5.01. The van der Waals surface area contributed by atoms with Crippen LogP contribution in [0.4, 0.5) is 26.1 Å². The van der Waals surface area contributed by atoms with Crippen molar-refractivity contribution < 1.29 is 13.5 Å². The lowest BCUT2D eigenvalue weighted by molar-refractivity contribution is -0.00331. The number of nitrogens with two attached hydrogens (primary N) is 1. The standard InChI is InChI=1S/C27H28F2N8O/c1-16-10-19(28)25(20(29)11-16)22-5-4-18-12-33-27(37(18)35-22)34-23-13-32-8-6-24(23)36-14-17(2)26(21(31)15-36)38-9-3-7-30/h4-6,8,10-13,17,21,26H,3,9,14-15,31H2,1-2H3,(H,33,34)/t17-,21+,26-/m0/s1. The maximum Gasteiger partial charge on any atom is 0.229 e. The van der Waals surface area contributed by atoms with Crippen LogP contribution in [0.25, 0.3) is 16.8 Å². The molecule has 0 unspecified atom stereocenters. The zero-order valence-corrected chi connectivity index (χ0v) is 21.1. The van der Waals surface area contributed by atoms with Crippen molar-refractivity contribution in [2.24, 2.45) is 11.7 Å². The summed E-state index contributed by atoms with van der Waals surface area (Å²) in [5.74, 6) is -0.849. The van der Waals surface area contributed by atoms with Gasteiger partial charge < -0.3 is 20.7 Å². The Morgan fingerprint density at radius 3 is 2.71 bits per heavy atom. The zero-order valence-electron chi connectivity index (χ0n) is 21.1.